The van der Waals surface area contributed by atoms with Gasteiger partial charge in [-0.3, -0.25) is 14.9 Å². The van der Waals surface area contributed by atoms with Crippen LogP contribution in [-0.4, -0.2) is 25.0 Å². The normalized spacial score (nSPS) is 14.8. The molecule has 4 rings (SSSR count). The fraction of sp³-hybridized carbons (Fsp3) is 0.115. The molecular weight excluding hydrogens is 491 g/mol. The predicted molar refractivity (Wildman–Crippen MR) is 134 cm³/mol. The smallest absolute Gasteiger partial charge is 0.335 e. The summed E-state index contributed by atoms with van der Waals surface area (Å²) < 4.78 is 11.1. The molecule has 4 amide bonds. The number of urea groups is 1. The van der Waals surface area contributed by atoms with Gasteiger partial charge in [-0.05, 0) is 55.0 Å². The number of anilines is 1. The number of methoxy groups -OCH3 is 1. The second kappa shape index (κ2) is 10.2. The van der Waals surface area contributed by atoms with Gasteiger partial charge in [-0.2, -0.15) is 0 Å². The topological polar surface area (TPSA) is 84.9 Å². The number of benzene rings is 3. The summed E-state index contributed by atoms with van der Waals surface area (Å²) in [5.74, 6) is -0.845. The molecule has 1 heterocycles. The summed E-state index contributed by atoms with van der Waals surface area (Å²) in [5, 5.41) is 2.69. The molecule has 0 bridgehead atoms. The summed E-state index contributed by atoms with van der Waals surface area (Å²) in [7, 11) is 1.50. The van der Waals surface area contributed by atoms with Crippen LogP contribution in [0.1, 0.15) is 16.7 Å². The van der Waals surface area contributed by atoms with E-state index in [4.69, 9.17) is 32.7 Å². The Balaban J connectivity index is 1.69. The van der Waals surface area contributed by atoms with Crippen LogP contribution in [0.4, 0.5) is 10.5 Å². The van der Waals surface area contributed by atoms with Gasteiger partial charge in [0.1, 0.15) is 23.7 Å². The van der Waals surface area contributed by atoms with Crippen molar-refractivity contribution in [1.82, 2.24) is 5.32 Å². The summed E-state index contributed by atoms with van der Waals surface area (Å²) in [6.07, 6.45) is 1.31. The van der Waals surface area contributed by atoms with Crippen molar-refractivity contribution in [2.24, 2.45) is 0 Å². The Morgan fingerprint density at radius 1 is 0.971 bits per heavy atom. The summed E-state index contributed by atoms with van der Waals surface area (Å²) in [6.45, 7) is 2.19. The average Bonchev–Trinajstić information content (AvgIpc) is 2.82. The van der Waals surface area contributed by atoms with Crippen LogP contribution in [0.25, 0.3) is 6.08 Å². The van der Waals surface area contributed by atoms with Gasteiger partial charge in [-0.25, -0.2) is 9.69 Å². The van der Waals surface area contributed by atoms with E-state index in [0.717, 1.165) is 16.0 Å². The first-order valence-corrected chi connectivity index (χ1v) is 11.3. The van der Waals surface area contributed by atoms with Crippen molar-refractivity contribution in [2.45, 2.75) is 13.5 Å². The number of nitrogens with one attached hydrogen (secondary N) is 1. The van der Waals surface area contributed by atoms with E-state index in [0.29, 0.717) is 11.3 Å². The molecule has 1 saturated heterocycles. The number of ether oxygens (including phenoxy) is 2. The van der Waals surface area contributed by atoms with Gasteiger partial charge in [0.15, 0.2) is 0 Å². The first-order valence-electron chi connectivity index (χ1n) is 10.5. The van der Waals surface area contributed by atoms with E-state index in [-0.39, 0.29) is 33.7 Å². The molecule has 7 nitrogen and oxygen atoms in total. The van der Waals surface area contributed by atoms with E-state index in [2.05, 4.69) is 5.32 Å². The molecule has 3 aromatic carbocycles. The Bertz CT molecular complexity index is 1340. The molecule has 35 heavy (non-hydrogen) atoms. The van der Waals surface area contributed by atoms with Crippen LogP contribution >= 0.6 is 23.2 Å². The highest BCUT2D eigenvalue weighted by Crippen LogP contribution is 2.35. The van der Waals surface area contributed by atoms with Gasteiger partial charge in [0.05, 0.1) is 17.8 Å². The lowest BCUT2D eigenvalue weighted by atomic mass is 10.1. The van der Waals surface area contributed by atoms with Gasteiger partial charge in [0.25, 0.3) is 11.8 Å². The molecule has 1 fully saturated rings. The van der Waals surface area contributed by atoms with E-state index in [1.807, 2.05) is 31.2 Å². The number of hydrogen-bond acceptors (Lipinski definition) is 5. The molecule has 0 saturated carbocycles. The monoisotopic (exact) mass is 510 g/mol. The number of barbiturate groups is 1. The lowest BCUT2D eigenvalue weighted by Crippen LogP contribution is -2.54. The minimum absolute atomic E-state index is 0.203. The van der Waals surface area contributed by atoms with E-state index < -0.39 is 17.8 Å². The molecular formula is C26H20Cl2N2O5. The number of amides is 4. The van der Waals surface area contributed by atoms with E-state index >= 15 is 0 Å². The van der Waals surface area contributed by atoms with E-state index in [1.165, 1.54) is 37.5 Å². The Hall–Kier alpha value is -3.81. The molecule has 0 atom stereocenters. The maximum Gasteiger partial charge on any atom is 0.335 e. The Morgan fingerprint density at radius 2 is 1.66 bits per heavy atom. The van der Waals surface area contributed by atoms with Crippen LogP contribution in [0.5, 0.6) is 11.5 Å². The highest BCUT2D eigenvalue weighted by molar-refractivity contribution is 6.40. The highest BCUT2D eigenvalue weighted by atomic mass is 35.5. The van der Waals surface area contributed by atoms with Gasteiger partial charge < -0.3 is 9.47 Å². The quantitative estimate of drug-likeness (QED) is 0.346. The molecule has 0 unspecified atom stereocenters. The lowest BCUT2D eigenvalue weighted by molar-refractivity contribution is -0.122. The van der Waals surface area contributed by atoms with Crippen LogP contribution in [0.15, 0.2) is 66.2 Å². The minimum atomic E-state index is -0.859. The van der Waals surface area contributed by atoms with Crippen molar-refractivity contribution < 1.29 is 23.9 Å². The molecule has 1 aliphatic rings. The van der Waals surface area contributed by atoms with Crippen LogP contribution in [0, 0.1) is 6.92 Å². The predicted octanol–water partition coefficient (Wildman–Crippen LogP) is 5.56. The number of carbonyl (C=O) groups is 3. The summed E-state index contributed by atoms with van der Waals surface area (Å²) >= 11 is 12.6. The standard InChI is InChI=1S/C26H20Cl2N2O5/c1-15-3-5-16(6-4-15)14-35-23-17(11-18(27)13-22(23)28)12-21-24(31)29-26(33)30(25(21)32)19-7-9-20(34-2)10-8-19/h3-13H,14H2,1-2H3,(H,29,31,33)/b21-12+. The number of aryl methyl sites for hydroxylation is 1. The fourth-order valence-electron chi connectivity index (χ4n) is 3.46. The second-order valence-corrected chi connectivity index (χ2v) is 8.58. The Labute approximate surface area is 211 Å². The number of carbonyl (C=O) groups excluding carboxylic acids is 3. The molecule has 0 spiro atoms. The van der Waals surface area contributed by atoms with Crippen molar-refractivity contribution in [1.29, 1.82) is 0 Å². The molecule has 0 aliphatic carbocycles. The number of nitrogens with zero attached hydrogens (tertiary/aromatic N) is 1. The summed E-state index contributed by atoms with van der Waals surface area (Å²) in [6, 6.07) is 16.2. The number of imide groups is 2. The Kier molecular flexibility index (Phi) is 7.10. The van der Waals surface area contributed by atoms with Crippen molar-refractivity contribution in [3.05, 3.63) is 93.0 Å². The van der Waals surface area contributed by atoms with Crippen LogP contribution in [0.3, 0.4) is 0 Å². The largest absolute Gasteiger partial charge is 0.497 e. The maximum atomic E-state index is 13.2. The van der Waals surface area contributed by atoms with Gasteiger partial charge >= 0.3 is 6.03 Å². The van der Waals surface area contributed by atoms with Crippen molar-refractivity contribution in [3.63, 3.8) is 0 Å². The van der Waals surface area contributed by atoms with Gasteiger partial charge in [-0.15, -0.1) is 0 Å². The number of halogens is 2. The zero-order chi connectivity index (χ0) is 25.1. The molecule has 1 aliphatic heterocycles. The maximum absolute atomic E-state index is 13.2. The third kappa shape index (κ3) is 5.31. The van der Waals surface area contributed by atoms with E-state index in [1.54, 1.807) is 12.1 Å². The third-order valence-electron chi connectivity index (χ3n) is 5.27. The Morgan fingerprint density at radius 3 is 2.31 bits per heavy atom. The zero-order valence-corrected chi connectivity index (χ0v) is 20.3. The van der Waals surface area contributed by atoms with Gasteiger partial charge in [0, 0.05) is 10.6 Å². The third-order valence-corrected chi connectivity index (χ3v) is 5.77. The molecule has 3 aromatic rings. The second-order valence-electron chi connectivity index (χ2n) is 7.74. The number of hydrogen-bond donors (Lipinski definition) is 1. The van der Waals surface area contributed by atoms with Crippen molar-refractivity contribution in [3.8, 4) is 11.5 Å². The molecule has 0 radical (unpaired) electrons. The van der Waals surface area contributed by atoms with Crippen LogP contribution in [-0.2, 0) is 16.2 Å². The number of rotatable bonds is 6. The van der Waals surface area contributed by atoms with Gasteiger partial charge in [-0.1, -0.05) is 53.0 Å². The van der Waals surface area contributed by atoms with Crippen LogP contribution in [0.2, 0.25) is 10.0 Å². The molecule has 0 aromatic heterocycles. The first kappa shape index (κ1) is 24.3. The first-order chi connectivity index (χ1) is 16.8. The summed E-state index contributed by atoms with van der Waals surface area (Å²) in [4.78, 5) is 39.2. The van der Waals surface area contributed by atoms with Crippen LogP contribution < -0.4 is 19.7 Å². The van der Waals surface area contributed by atoms with Crippen molar-refractivity contribution in [2.75, 3.05) is 12.0 Å². The average molecular weight is 511 g/mol. The van der Waals surface area contributed by atoms with Crippen molar-refractivity contribution >= 4 is 52.8 Å². The molecule has 9 heteroatoms. The van der Waals surface area contributed by atoms with Gasteiger partial charge in [0.2, 0.25) is 0 Å². The minimum Gasteiger partial charge on any atom is -0.497 e. The zero-order valence-electron chi connectivity index (χ0n) is 18.8. The molecule has 178 valence electrons. The highest BCUT2D eigenvalue weighted by Gasteiger charge is 2.37. The van der Waals surface area contributed by atoms with E-state index in [9.17, 15) is 14.4 Å². The summed E-state index contributed by atoms with van der Waals surface area (Å²) in [5.41, 5.74) is 2.33. The SMILES string of the molecule is COc1ccc(N2C(=O)NC(=O)/C(=C\c3cc(Cl)cc(Cl)c3OCc3ccc(C)cc3)C2=O)cc1. The fourth-order valence-corrected chi connectivity index (χ4v) is 4.02. The lowest BCUT2D eigenvalue weighted by Gasteiger charge is -2.26. The molecule has 1 N–H and O–H groups in total.